The number of rotatable bonds is 8. The van der Waals surface area contributed by atoms with Gasteiger partial charge in [-0.15, -0.1) is 0 Å². The summed E-state index contributed by atoms with van der Waals surface area (Å²) >= 11 is 0. The van der Waals surface area contributed by atoms with Crippen molar-refractivity contribution in [1.82, 2.24) is 9.80 Å². The quantitative estimate of drug-likeness (QED) is 0.679. The maximum atomic E-state index is 12.7. The largest absolute Gasteiger partial charge is 0.497 e. The number of carbonyl (C=O) groups is 2. The van der Waals surface area contributed by atoms with Crippen LogP contribution in [0.25, 0.3) is 0 Å². The summed E-state index contributed by atoms with van der Waals surface area (Å²) in [5.74, 6) is -0.0960. The monoisotopic (exact) mass is 322 g/mol. The van der Waals surface area contributed by atoms with Gasteiger partial charge in [-0.1, -0.05) is 6.92 Å². The van der Waals surface area contributed by atoms with Crippen molar-refractivity contribution >= 4 is 11.9 Å². The van der Waals surface area contributed by atoms with Gasteiger partial charge in [-0.2, -0.15) is 0 Å². The zero-order valence-corrected chi connectivity index (χ0v) is 14.5. The van der Waals surface area contributed by atoms with Gasteiger partial charge >= 0.3 is 5.97 Å². The van der Waals surface area contributed by atoms with Gasteiger partial charge in [0.05, 0.1) is 20.1 Å². The molecule has 0 bridgehead atoms. The Kier molecular flexibility index (Phi) is 7.54. The second kappa shape index (κ2) is 9.15. The van der Waals surface area contributed by atoms with Crippen molar-refractivity contribution < 1.29 is 19.1 Å². The third kappa shape index (κ3) is 5.90. The van der Waals surface area contributed by atoms with E-state index in [0.717, 1.165) is 6.54 Å². The van der Waals surface area contributed by atoms with Crippen LogP contribution < -0.4 is 4.74 Å². The predicted molar refractivity (Wildman–Crippen MR) is 88.6 cm³/mol. The van der Waals surface area contributed by atoms with Gasteiger partial charge in [0, 0.05) is 25.2 Å². The number of carbonyl (C=O) groups excluding carboxylic acids is 2. The van der Waals surface area contributed by atoms with Crippen molar-refractivity contribution in [2.75, 3.05) is 47.9 Å². The Balaban J connectivity index is 2.87. The Bertz CT molecular complexity index is 514. The molecule has 1 aromatic rings. The van der Waals surface area contributed by atoms with Gasteiger partial charge in [-0.25, -0.2) is 0 Å². The molecule has 1 unspecified atom stereocenters. The molecule has 0 aliphatic rings. The maximum Gasteiger partial charge on any atom is 0.310 e. The lowest BCUT2D eigenvalue weighted by molar-refractivity contribution is -0.145. The molecule has 128 valence electrons. The Morgan fingerprint density at radius 3 is 2.17 bits per heavy atom. The van der Waals surface area contributed by atoms with E-state index in [-0.39, 0.29) is 17.8 Å². The van der Waals surface area contributed by atoms with Crippen molar-refractivity contribution in [3.63, 3.8) is 0 Å². The van der Waals surface area contributed by atoms with Crippen molar-refractivity contribution in [2.45, 2.75) is 6.92 Å². The van der Waals surface area contributed by atoms with E-state index in [4.69, 9.17) is 9.47 Å². The van der Waals surface area contributed by atoms with Gasteiger partial charge in [-0.3, -0.25) is 9.59 Å². The molecule has 0 saturated heterocycles. The first kappa shape index (κ1) is 19.0. The molecule has 1 atom stereocenters. The molecule has 0 heterocycles. The molecule has 23 heavy (non-hydrogen) atoms. The van der Waals surface area contributed by atoms with Crippen molar-refractivity contribution in [3.05, 3.63) is 29.8 Å². The summed E-state index contributed by atoms with van der Waals surface area (Å²) in [6.07, 6.45) is 0. The minimum Gasteiger partial charge on any atom is -0.497 e. The Labute approximate surface area is 138 Å². The molecule has 0 spiro atoms. The molecule has 0 N–H and O–H groups in total. The standard InChI is InChI=1S/C17H26N2O4/c1-13(17(21)23-5)12-19(11-10-18(2)3)16(20)14-6-8-15(22-4)9-7-14/h6-9,13H,10-12H2,1-5H3. The normalized spacial score (nSPS) is 11.9. The highest BCUT2D eigenvalue weighted by Gasteiger charge is 2.22. The summed E-state index contributed by atoms with van der Waals surface area (Å²) in [5, 5.41) is 0. The van der Waals surface area contributed by atoms with Crippen molar-refractivity contribution in [3.8, 4) is 5.75 Å². The average molecular weight is 322 g/mol. The fourth-order valence-corrected chi connectivity index (χ4v) is 2.12. The van der Waals surface area contributed by atoms with Gasteiger partial charge in [0.25, 0.3) is 5.91 Å². The fraction of sp³-hybridized carbons (Fsp3) is 0.529. The number of methoxy groups -OCH3 is 2. The number of likely N-dealkylation sites (N-methyl/N-ethyl adjacent to an activating group) is 1. The summed E-state index contributed by atoms with van der Waals surface area (Å²) in [4.78, 5) is 28.0. The van der Waals surface area contributed by atoms with Gasteiger partial charge in [0.2, 0.25) is 0 Å². The number of ether oxygens (including phenoxy) is 2. The highest BCUT2D eigenvalue weighted by Crippen LogP contribution is 2.14. The van der Waals surface area contributed by atoms with Crippen LogP contribution in [-0.4, -0.2) is 69.6 Å². The van der Waals surface area contributed by atoms with Gasteiger partial charge in [0.1, 0.15) is 5.75 Å². The molecule has 0 aliphatic heterocycles. The average Bonchev–Trinajstić information content (AvgIpc) is 2.56. The Hall–Kier alpha value is -2.08. The van der Waals surface area contributed by atoms with Crippen LogP contribution in [0.15, 0.2) is 24.3 Å². The first-order chi connectivity index (χ1) is 10.9. The topological polar surface area (TPSA) is 59.1 Å². The van der Waals surface area contributed by atoms with E-state index in [1.165, 1.54) is 7.11 Å². The molecule has 0 aliphatic carbocycles. The van der Waals surface area contributed by atoms with Crippen LogP contribution in [0.2, 0.25) is 0 Å². The van der Waals surface area contributed by atoms with Gasteiger partial charge in [-0.05, 0) is 38.4 Å². The zero-order chi connectivity index (χ0) is 17.4. The van der Waals surface area contributed by atoms with E-state index in [9.17, 15) is 9.59 Å². The molecule has 0 fully saturated rings. The minimum atomic E-state index is -0.371. The van der Waals surface area contributed by atoms with E-state index in [2.05, 4.69) is 0 Å². The van der Waals surface area contributed by atoms with Crippen molar-refractivity contribution in [1.29, 1.82) is 0 Å². The summed E-state index contributed by atoms with van der Waals surface area (Å²) in [6.45, 7) is 3.34. The van der Waals surface area contributed by atoms with E-state index < -0.39 is 0 Å². The number of hydrogen-bond acceptors (Lipinski definition) is 5. The Morgan fingerprint density at radius 1 is 1.09 bits per heavy atom. The molecule has 6 heteroatoms. The minimum absolute atomic E-state index is 0.106. The molecule has 1 amide bonds. The van der Waals surface area contributed by atoms with E-state index in [0.29, 0.717) is 24.4 Å². The summed E-state index contributed by atoms with van der Waals surface area (Å²) < 4.78 is 9.86. The first-order valence-corrected chi connectivity index (χ1v) is 7.55. The fourth-order valence-electron chi connectivity index (χ4n) is 2.12. The number of nitrogens with zero attached hydrogens (tertiary/aromatic N) is 2. The molecule has 1 aromatic carbocycles. The lowest BCUT2D eigenvalue weighted by atomic mass is 10.1. The molecular weight excluding hydrogens is 296 g/mol. The van der Waals surface area contributed by atoms with E-state index >= 15 is 0 Å². The molecule has 6 nitrogen and oxygen atoms in total. The van der Waals surface area contributed by atoms with Crippen LogP contribution in [0.5, 0.6) is 5.75 Å². The number of esters is 1. The molecule has 1 rings (SSSR count). The highest BCUT2D eigenvalue weighted by molar-refractivity contribution is 5.94. The summed E-state index contributed by atoms with van der Waals surface area (Å²) in [5.41, 5.74) is 0.571. The first-order valence-electron chi connectivity index (χ1n) is 7.55. The molecular formula is C17H26N2O4. The second-order valence-corrected chi connectivity index (χ2v) is 5.71. The number of amides is 1. The predicted octanol–water partition coefficient (Wildman–Crippen LogP) is 1.51. The molecule has 0 radical (unpaired) electrons. The van der Waals surface area contributed by atoms with Gasteiger partial charge < -0.3 is 19.3 Å². The van der Waals surface area contributed by atoms with Crippen LogP contribution >= 0.6 is 0 Å². The van der Waals surface area contributed by atoms with E-state index in [1.54, 1.807) is 43.2 Å². The zero-order valence-electron chi connectivity index (χ0n) is 14.5. The van der Waals surface area contributed by atoms with Crippen LogP contribution in [0.4, 0.5) is 0 Å². The SMILES string of the molecule is COC(=O)C(C)CN(CCN(C)C)C(=O)c1ccc(OC)cc1. The van der Waals surface area contributed by atoms with Crippen LogP contribution in [0, 0.1) is 5.92 Å². The highest BCUT2D eigenvalue weighted by atomic mass is 16.5. The van der Waals surface area contributed by atoms with Crippen LogP contribution in [-0.2, 0) is 9.53 Å². The lowest BCUT2D eigenvalue weighted by Gasteiger charge is -2.26. The smallest absolute Gasteiger partial charge is 0.310 e. The Morgan fingerprint density at radius 2 is 1.70 bits per heavy atom. The second-order valence-electron chi connectivity index (χ2n) is 5.71. The molecule has 0 saturated carbocycles. The lowest BCUT2D eigenvalue weighted by Crippen LogP contribution is -2.41. The maximum absolute atomic E-state index is 12.7. The summed E-state index contributed by atoms with van der Waals surface area (Å²) in [7, 11) is 6.83. The third-order valence-corrected chi connectivity index (χ3v) is 3.54. The van der Waals surface area contributed by atoms with E-state index in [1.807, 2.05) is 19.0 Å². The molecule has 0 aromatic heterocycles. The van der Waals surface area contributed by atoms with Crippen LogP contribution in [0.3, 0.4) is 0 Å². The van der Waals surface area contributed by atoms with Gasteiger partial charge in [0.15, 0.2) is 0 Å². The third-order valence-electron chi connectivity index (χ3n) is 3.54. The van der Waals surface area contributed by atoms with Crippen molar-refractivity contribution in [2.24, 2.45) is 5.92 Å². The van der Waals surface area contributed by atoms with Crippen LogP contribution in [0.1, 0.15) is 17.3 Å². The number of hydrogen-bond donors (Lipinski definition) is 0. The summed E-state index contributed by atoms with van der Waals surface area (Å²) in [6, 6.07) is 6.96. The number of benzene rings is 1.